The third-order valence-electron chi connectivity index (χ3n) is 2.93. The number of nitrogens with zero attached hydrogens (tertiary/aromatic N) is 1. The van der Waals surface area contributed by atoms with Gasteiger partial charge in [-0.05, 0) is 24.4 Å². The van der Waals surface area contributed by atoms with E-state index in [9.17, 15) is 14.9 Å². The number of hydrogen-bond acceptors (Lipinski definition) is 6. The predicted molar refractivity (Wildman–Crippen MR) is 81.1 cm³/mol. The van der Waals surface area contributed by atoms with Crippen molar-refractivity contribution in [3.63, 3.8) is 0 Å². The standard InChI is InChI=1S/C13H14N4O3S/c1-8(12-3-2-6-21-12)15-13(18)10-7-9(17(19)20)4-5-11(10)16-14/h2-8,16H,14H2,1H3,(H,15,18). The Hall–Kier alpha value is -2.45. The van der Waals surface area contributed by atoms with Crippen molar-refractivity contribution >= 4 is 28.6 Å². The molecule has 21 heavy (non-hydrogen) atoms. The zero-order chi connectivity index (χ0) is 15.4. The van der Waals surface area contributed by atoms with E-state index in [1.807, 2.05) is 24.4 Å². The fourth-order valence-corrected chi connectivity index (χ4v) is 2.58. The first-order valence-electron chi connectivity index (χ1n) is 6.12. The maximum atomic E-state index is 12.3. The highest BCUT2D eigenvalue weighted by Gasteiger charge is 2.18. The van der Waals surface area contributed by atoms with Gasteiger partial charge in [0.25, 0.3) is 11.6 Å². The van der Waals surface area contributed by atoms with E-state index < -0.39 is 10.8 Å². The molecule has 0 bridgehead atoms. The van der Waals surface area contributed by atoms with Gasteiger partial charge in [0.05, 0.1) is 22.2 Å². The Morgan fingerprint density at radius 1 is 1.43 bits per heavy atom. The van der Waals surface area contributed by atoms with Crippen LogP contribution in [0.1, 0.15) is 28.2 Å². The molecule has 4 N–H and O–H groups in total. The van der Waals surface area contributed by atoms with Crippen molar-refractivity contribution in [1.82, 2.24) is 5.32 Å². The summed E-state index contributed by atoms with van der Waals surface area (Å²) in [7, 11) is 0. The molecule has 1 amide bonds. The van der Waals surface area contributed by atoms with Gasteiger partial charge in [0.2, 0.25) is 0 Å². The molecule has 0 aliphatic heterocycles. The van der Waals surface area contributed by atoms with Crippen molar-refractivity contribution in [2.24, 2.45) is 5.84 Å². The number of amides is 1. The Bertz CT molecular complexity index is 657. The minimum Gasteiger partial charge on any atom is -0.345 e. The van der Waals surface area contributed by atoms with Crippen LogP contribution in [0.25, 0.3) is 0 Å². The van der Waals surface area contributed by atoms with Crippen LogP contribution < -0.4 is 16.6 Å². The molecule has 0 fully saturated rings. The molecule has 7 nitrogen and oxygen atoms in total. The van der Waals surface area contributed by atoms with Gasteiger partial charge < -0.3 is 10.7 Å². The van der Waals surface area contributed by atoms with E-state index in [1.165, 1.54) is 29.5 Å². The lowest BCUT2D eigenvalue weighted by molar-refractivity contribution is -0.384. The first-order valence-corrected chi connectivity index (χ1v) is 7.00. The molecule has 1 heterocycles. The van der Waals surface area contributed by atoms with Gasteiger partial charge in [-0.3, -0.25) is 20.8 Å². The summed E-state index contributed by atoms with van der Waals surface area (Å²) in [4.78, 5) is 23.5. The van der Waals surface area contributed by atoms with E-state index in [4.69, 9.17) is 5.84 Å². The van der Waals surface area contributed by atoms with Crippen LogP contribution in [0.2, 0.25) is 0 Å². The maximum absolute atomic E-state index is 12.3. The molecular formula is C13H14N4O3S. The average molecular weight is 306 g/mol. The minimum atomic E-state index is -0.556. The Morgan fingerprint density at radius 2 is 2.19 bits per heavy atom. The number of anilines is 1. The highest BCUT2D eigenvalue weighted by Crippen LogP contribution is 2.23. The monoisotopic (exact) mass is 306 g/mol. The zero-order valence-electron chi connectivity index (χ0n) is 11.2. The van der Waals surface area contributed by atoms with Crippen LogP contribution in [-0.4, -0.2) is 10.8 Å². The average Bonchev–Trinajstić information content (AvgIpc) is 3.00. The second kappa shape index (κ2) is 6.33. The van der Waals surface area contributed by atoms with E-state index in [1.54, 1.807) is 0 Å². The molecule has 0 radical (unpaired) electrons. The lowest BCUT2D eigenvalue weighted by Gasteiger charge is -2.14. The summed E-state index contributed by atoms with van der Waals surface area (Å²) in [5.74, 6) is 4.92. The van der Waals surface area contributed by atoms with E-state index in [0.717, 1.165) is 4.88 Å². The van der Waals surface area contributed by atoms with Crippen molar-refractivity contribution in [2.45, 2.75) is 13.0 Å². The van der Waals surface area contributed by atoms with Crippen LogP contribution in [0.4, 0.5) is 11.4 Å². The number of benzene rings is 1. The Labute approximate surface area is 124 Å². The van der Waals surface area contributed by atoms with Gasteiger partial charge >= 0.3 is 0 Å². The number of hydrazine groups is 1. The third kappa shape index (κ3) is 3.36. The number of rotatable bonds is 5. The molecule has 1 aromatic carbocycles. The Kier molecular flexibility index (Phi) is 4.51. The molecule has 1 atom stereocenters. The lowest BCUT2D eigenvalue weighted by Crippen LogP contribution is -2.27. The molecule has 0 spiro atoms. The van der Waals surface area contributed by atoms with E-state index in [0.29, 0.717) is 5.69 Å². The number of nitrogens with one attached hydrogen (secondary N) is 2. The minimum absolute atomic E-state index is 0.134. The fourth-order valence-electron chi connectivity index (χ4n) is 1.84. The summed E-state index contributed by atoms with van der Waals surface area (Å²) < 4.78 is 0. The first kappa shape index (κ1) is 14.9. The van der Waals surface area contributed by atoms with Gasteiger partial charge in [0, 0.05) is 17.0 Å². The van der Waals surface area contributed by atoms with Crippen molar-refractivity contribution in [2.75, 3.05) is 5.43 Å². The molecule has 8 heteroatoms. The quantitative estimate of drug-likeness (QED) is 0.446. The van der Waals surface area contributed by atoms with Gasteiger partial charge in [0.1, 0.15) is 0 Å². The first-order chi connectivity index (χ1) is 10.0. The summed E-state index contributed by atoms with van der Waals surface area (Å²) in [6.45, 7) is 1.84. The molecule has 0 aliphatic rings. The SMILES string of the molecule is CC(NC(=O)c1cc([N+](=O)[O-])ccc1NN)c1cccs1. The summed E-state index contributed by atoms with van der Waals surface area (Å²) in [6, 6.07) is 7.50. The second-order valence-electron chi connectivity index (χ2n) is 4.34. The number of carbonyl (C=O) groups is 1. The number of nitro benzene ring substituents is 1. The highest BCUT2D eigenvalue weighted by molar-refractivity contribution is 7.10. The van der Waals surface area contributed by atoms with Crippen LogP contribution in [0.3, 0.4) is 0 Å². The summed E-state index contributed by atoms with van der Waals surface area (Å²) in [6.07, 6.45) is 0. The second-order valence-corrected chi connectivity index (χ2v) is 5.32. The molecule has 110 valence electrons. The van der Waals surface area contributed by atoms with Crippen molar-refractivity contribution in [3.05, 3.63) is 56.3 Å². The maximum Gasteiger partial charge on any atom is 0.270 e. The van der Waals surface area contributed by atoms with Crippen LogP contribution in [0.15, 0.2) is 35.7 Å². The topological polar surface area (TPSA) is 110 Å². The summed E-state index contributed by atoms with van der Waals surface area (Å²) in [5, 5.41) is 15.5. The van der Waals surface area contributed by atoms with Crippen LogP contribution in [0.5, 0.6) is 0 Å². The Balaban J connectivity index is 2.25. The van der Waals surface area contributed by atoms with Crippen molar-refractivity contribution < 1.29 is 9.72 Å². The molecule has 2 aromatic rings. The van der Waals surface area contributed by atoms with Crippen molar-refractivity contribution in [3.8, 4) is 0 Å². The normalized spacial score (nSPS) is 11.7. The highest BCUT2D eigenvalue weighted by atomic mass is 32.1. The summed E-state index contributed by atoms with van der Waals surface area (Å²) >= 11 is 1.52. The molecular weight excluding hydrogens is 292 g/mol. The van der Waals surface area contributed by atoms with Gasteiger partial charge in [0.15, 0.2) is 0 Å². The van der Waals surface area contributed by atoms with E-state index in [2.05, 4.69) is 10.7 Å². The number of thiophene rings is 1. The largest absolute Gasteiger partial charge is 0.345 e. The smallest absolute Gasteiger partial charge is 0.270 e. The molecule has 0 saturated heterocycles. The number of nitro groups is 1. The summed E-state index contributed by atoms with van der Waals surface area (Å²) in [5.41, 5.74) is 2.67. The molecule has 0 saturated carbocycles. The molecule has 1 aromatic heterocycles. The number of nitrogen functional groups attached to an aromatic ring is 1. The fraction of sp³-hybridized carbons (Fsp3) is 0.154. The van der Waals surface area contributed by atoms with Gasteiger partial charge in [-0.1, -0.05) is 6.07 Å². The van der Waals surface area contributed by atoms with E-state index >= 15 is 0 Å². The van der Waals surface area contributed by atoms with Gasteiger partial charge in [-0.2, -0.15) is 0 Å². The number of carbonyl (C=O) groups excluding carboxylic acids is 1. The molecule has 0 aliphatic carbocycles. The van der Waals surface area contributed by atoms with E-state index in [-0.39, 0.29) is 17.3 Å². The number of nitrogens with two attached hydrogens (primary N) is 1. The third-order valence-corrected chi connectivity index (χ3v) is 3.99. The van der Waals surface area contributed by atoms with Gasteiger partial charge in [-0.25, -0.2) is 0 Å². The molecule has 2 rings (SSSR count). The molecule has 1 unspecified atom stereocenters. The lowest BCUT2D eigenvalue weighted by atomic mass is 10.1. The predicted octanol–water partition coefficient (Wildman–Crippen LogP) is 2.43. The number of non-ortho nitro benzene ring substituents is 1. The van der Waals surface area contributed by atoms with Gasteiger partial charge in [-0.15, -0.1) is 11.3 Å². The Morgan fingerprint density at radius 3 is 2.76 bits per heavy atom. The van der Waals surface area contributed by atoms with Crippen LogP contribution >= 0.6 is 11.3 Å². The van der Waals surface area contributed by atoms with Crippen molar-refractivity contribution in [1.29, 1.82) is 0 Å². The number of hydrogen-bond donors (Lipinski definition) is 3. The zero-order valence-corrected chi connectivity index (χ0v) is 12.0. The van der Waals surface area contributed by atoms with Crippen LogP contribution in [0, 0.1) is 10.1 Å². The van der Waals surface area contributed by atoms with Crippen LogP contribution in [-0.2, 0) is 0 Å².